The van der Waals surface area contributed by atoms with Crippen LogP contribution < -0.4 is 4.74 Å². The van der Waals surface area contributed by atoms with Gasteiger partial charge in [-0.2, -0.15) is 0 Å². The maximum absolute atomic E-state index is 9.84. The zero-order valence-corrected chi connectivity index (χ0v) is 11.8. The van der Waals surface area contributed by atoms with Crippen molar-refractivity contribution in [3.8, 4) is 5.75 Å². The summed E-state index contributed by atoms with van der Waals surface area (Å²) in [6.45, 7) is 0.208. The second kappa shape index (κ2) is 6.43. The van der Waals surface area contributed by atoms with Gasteiger partial charge in [-0.05, 0) is 29.6 Å². The Labute approximate surface area is 120 Å². The minimum atomic E-state index is -0.546. The number of thiophene rings is 1. The number of benzene rings is 1. The monoisotopic (exact) mass is 302 g/mol. The van der Waals surface area contributed by atoms with E-state index in [0.717, 1.165) is 4.88 Å². The number of halogens is 2. The van der Waals surface area contributed by atoms with E-state index in [1.54, 1.807) is 29.5 Å². The van der Waals surface area contributed by atoms with E-state index in [4.69, 9.17) is 27.9 Å². The van der Waals surface area contributed by atoms with Gasteiger partial charge in [0, 0.05) is 16.3 Å². The molecule has 18 heavy (non-hydrogen) atoms. The van der Waals surface area contributed by atoms with Crippen LogP contribution in [-0.2, 0) is 6.42 Å². The average molecular weight is 303 g/mol. The highest BCUT2D eigenvalue weighted by Crippen LogP contribution is 2.27. The van der Waals surface area contributed by atoms with Crippen molar-refractivity contribution in [1.29, 1.82) is 0 Å². The molecular weight excluding hydrogens is 291 g/mol. The first-order valence-electron chi connectivity index (χ1n) is 5.43. The fourth-order valence-electron chi connectivity index (χ4n) is 1.50. The van der Waals surface area contributed by atoms with Crippen molar-refractivity contribution in [3.05, 3.63) is 50.6 Å². The van der Waals surface area contributed by atoms with E-state index >= 15 is 0 Å². The number of aliphatic hydroxyl groups excluding tert-OH is 1. The lowest BCUT2D eigenvalue weighted by Gasteiger charge is -2.12. The Morgan fingerprint density at radius 2 is 2.11 bits per heavy atom. The normalized spacial score (nSPS) is 12.4. The van der Waals surface area contributed by atoms with E-state index in [0.29, 0.717) is 22.2 Å². The maximum atomic E-state index is 9.84. The second-order valence-electron chi connectivity index (χ2n) is 3.82. The van der Waals surface area contributed by atoms with Crippen molar-refractivity contribution in [2.24, 2.45) is 0 Å². The number of ether oxygens (including phenoxy) is 1. The molecule has 1 aromatic heterocycles. The molecular formula is C13H12Cl2O2S. The molecule has 1 unspecified atom stereocenters. The molecule has 0 bridgehead atoms. The summed E-state index contributed by atoms with van der Waals surface area (Å²) < 4.78 is 5.47. The lowest BCUT2D eigenvalue weighted by Crippen LogP contribution is -2.19. The summed E-state index contributed by atoms with van der Waals surface area (Å²) in [6.07, 6.45) is 0.0403. The SMILES string of the molecule is OC(COc1ccc(Cl)cc1Cl)Cc1cccs1. The zero-order chi connectivity index (χ0) is 13.0. The highest BCUT2D eigenvalue weighted by atomic mass is 35.5. The minimum absolute atomic E-state index is 0.208. The highest BCUT2D eigenvalue weighted by molar-refractivity contribution is 7.09. The summed E-state index contributed by atoms with van der Waals surface area (Å²) in [5, 5.41) is 12.8. The molecule has 0 spiro atoms. The van der Waals surface area contributed by atoms with E-state index in [1.807, 2.05) is 17.5 Å². The molecule has 0 amide bonds. The van der Waals surface area contributed by atoms with Crippen LogP contribution in [0, 0.1) is 0 Å². The molecule has 1 aromatic carbocycles. The quantitative estimate of drug-likeness (QED) is 0.903. The van der Waals surface area contributed by atoms with Gasteiger partial charge in [0.05, 0.1) is 11.1 Å². The van der Waals surface area contributed by atoms with Crippen molar-refractivity contribution in [1.82, 2.24) is 0 Å². The Bertz CT molecular complexity index is 500. The van der Waals surface area contributed by atoms with Crippen LogP contribution in [0.2, 0.25) is 10.0 Å². The first-order chi connectivity index (χ1) is 8.65. The minimum Gasteiger partial charge on any atom is -0.489 e. The molecule has 1 N–H and O–H groups in total. The van der Waals surface area contributed by atoms with Gasteiger partial charge in [-0.3, -0.25) is 0 Å². The number of hydrogen-bond acceptors (Lipinski definition) is 3. The molecule has 2 nitrogen and oxygen atoms in total. The third-order valence-electron chi connectivity index (χ3n) is 2.34. The Kier molecular flexibility index (Phi) is 4.89. The predicted molar refractivity (Wildman–Crippen MR) is 76.0 cm³/mol. The average Bonchev–Trinajstić information content (AvgIpc) is 2.80. The molecule has 0 saturated heterocycles. The Hall–Kier alpha value is -0.740. The Morgan fingerprint density at radius 3 is 2.78 bits per heavy atom. The van der Waals surface area contributed by atoms with Crippen LogP contribution in [0.15, 0.2) is 35.7 Å². The Morgan fingerprint density at radius 1 is 1.28 bits per heavy atom. The summed E-state index contributed by atoms with van der Waals surface area (Å²) in [5.41, 5.74) is 0. The fraction of sp³-hybridized carbons (Fsp3) is 0.231. The topological polar surface area (TPSA) is 29.5 Å². The van der Waals surface area contributed by atoms with Crippen LogP contribution >= 0.6 is 34.5 Å². The van der Waals surface area contributed by atoms with Crippen LogP contribution in [0.4, 0.5) is 0 Å². The van der Waals surface area contributed by atoms with Crippen LogP contribution in [-0.4, -0.2) is 17.8 Å². The molecule has 5 heteroatoms. The molecule has 0 aliphatic carbocycles. The fourth-order valence-corrected chi connectivity index (χ4v) is 2.74. The van der Waals surface area contributed by atoms with Crippen LogP contribution in [0.25, 0.3) is 0 Å². The zero-order valence-electron chi connectivity index (χ0n) is 9.48. The summed E-state index contributed by atoms with van der Waals surface area (Å²) in [5.74, 6) is 0.534. The molecule has 96 valence electrons. The number of rotatable bonds is 5. The van der Waals surface area contributed by atoms with Crippen LogP contribution in [0.1, 0.15) is 4.88 Å². The van der Waals surface area contributed by atoms with Crippen molar-refractivity contribution >= 4 is 34.5 Å². The summed E-state index contributed by atoms with van der Waals surface area (Å²) in [6, 6.07) is 8.97. The maximum Gasteiger partial charge on any atom is 0.138 e. The van der Waals surface area contributed by atoms with E-state index in [2.05, 4.69) is 0 Å². The molecule has 1 atom stereocenters. The first kappa shape index (κ1) is 13.7. The van der Waals surface area contributed by atoms with Crippen molar-refractivity contribution < 1.29 is 9.84 Å². The Balaban J connectivity index is 1.87. The van der Waals surface area contributed by atoms with Crippen molar-refractivity contribution in [2.75, 3.05) is 6.61 Å². The van der Waals surface area contributed by atoms with Crippen molar-refractivity contribution in [3.63, 3.8) is 0 Å². The van der Waals surface area contributed by atoms with E-state index in [-0.39, 0.29) is 6.61 Å². The van der Waals surface area contributed by atoms with Crippen LogP contribution in [0.3, 0.4) is 0 Å². The molecule has 2 rings (SSSR count). The predicted octanol–water partition coefficient (Wildman–Crippen LogP) is 4.04. The molecule has 0 fully saturated rings. The van der Waals surface area contributed by atoms with Gasteiger partial charge in [-0.15, -0.1) is 11.3 Å². The second-order valence-corrected chi connectivity index (χ2v) is 5.70. The van der Waals surface area contributed by atoms with Gasteiger partial charge in [-0.1, -0.05) is 29.3 Å². The summed E-state index contributed by atoms with van der Waals surface area (Å²) in [4.78, 5) is 1.13. The van der Waals surface area contributed by atoms with Gasteiger partial charge in [0.25, 0.3) is 0 Å². The van der Waals surface area contributed by atoms with Gasteiger partial charge >= 0.3 is 0 Å². The van der Waals surface area contributed by atoms with Gasteiger partial charge < -0.3 is 9.84 Å². The summed E-state index contributed by atoms with van der Waals surface area (Å²) >= 11 is 13.4. The smallest absolute Gasteiger partial charge is 0.138 e. The van der Waals surface area contributed by atoms with E-state index in [9.17, 15) is 5.11 Å². The molecule has 0 aliphatic rings. The number of hydrogen-bond donors (Lipinski definition) is 1. The van der Waals surface area contributed by atoms with Gasteiger partial charge in [-0.25, -0.2) is 0 Å². The highest BCUT2D eigenvalue weighted by Gasteiger charge is 2.09. The third kappa shape index (κ3) is 3.89. The largest absolute Gasteiger partial charge is 0.489 e. The van der Waals surface area contributed by atoms with E-state index in [1.165, 1.54) is 0 Å². The molecule has 1 heterocycles. The lowest BCUT2D eigenvalue weighted by molar-refractivity contribution is 0.108. The van der Waals surface area contributed by atoms with Gasteiger partial charge in [0.15, 0.2) is 0 Å². The van der Waals surface area contributed by atoms with Gasteiger partial charge in [0.1, 0.15) is 12.4 Å². The molecule has 0 aliphatic heterocycles. The third-order valence-corrected chi connectivity index (χ3v) is 3.77. The van der Waals surface area contributed by atoms with Crippen molar-refractivity contribution in [2.45, 2.75) is 12.5 Å². The van der Waals surface area contributed by atoms with Crippen LogP contribution in [0.5, 0.6) is 5.75 Å². The van der Waals surface area contributed by atoms with Gasteiger partial charge in [0.2, 0.25) is 0 Å². The summed E-state index contributed by atoms with van der Waals surface area (Å²) in [7, 11) is 0. The standard InChI is InChI=1S/C13H12Cl2O2S/c14-9-3-4-13(12(15)6-9)17-8-10(16)7-11-2-1-5-18-11/h1-6,10,16H,7-8H2. The first-order valence-corrected chi connectivity index (χ1v) is 7.07. The molecule has 0 saturated carbocycles. The molecule has 2 aromatic rings. The van der Waals surface area contributed by atoms with E-state index < -0.39 is 6.10 Å². The molecule has 0 radical (unpaired) electrons. The lowest BCUT2D eigenvalue weighted by atomic mass is 10.2. The number of aliphatic hydroxyl groups is 1.